The number of carbonyl (C=O) groups is 2. The Kier molecular flexibility index (Phi) is 5.48. The first-order valence-corrected chi connectivity index (χ1v) is 8.88. The molecule has 8 heteroatoms. The molecule has 0 radical (unpaired) electrons. The van der Waals surface area contributed by atoms with Crippen LogP contribution in [-0.4, -0.2) is 39.8 Å². The SMILES string of the molecule is CC(C)CSCCN1C(=O)N[C@@](C)(c2ccc([N+](=O)[O-])cc2)C1=O. The highest BCUT2D eigenvalue weighted by Gasteiger charge is 2.48. The topological polar surface area (TPSA) is 92.6 Å². The smallest absolute Gasteiger partial charge is 0.319 e. The molecule has 1 saturated heterocycles. The highest BCUT2D eigenvalue weighted by Crippen LogP contribution is 2.30. The van der Waals surface area contributed by atoms with Crippen LogP contribution in [0.2, 0.25) is 0 Å². The average Bonchev–Trinajstić information content (AvgIpc) is 2.75. The molecule has 1 fully saturated rings. The van der Waals surface area contributed by atoms with Crippen molar-refractivity contribution >= 4 is 29.4 Å². The number of hydrogen-bond acceptors (Lipinski definition) is 5. The fourth-order valence-corrected chi connectivity index (χ4v) is 3.44. The van der Waals surface area contributed by atoms with Crippen LogP contribution < -0.4 is 5.32 Å². The van der Waals surface area contributed by atoms with E-state index >= 15 is 0 Å². The van der Waals surface area contributed by atoms with Gasteiger partial charge in [-0.25, -0.2) is 4.79 Å². The minimum absolute atomic E-state index is 0.0546. The molecule has 0 bridgehead atoms. The Bertz CT molecular complexity index is 647. The number of carbonyl (C=O) groups excluding carboxylic acids is 2. The molecule has 0 saturated carbocycles. The maximum Gasteiger partial charge on any atom is 0.325 e. The summed E-state index contributed by atoms with van der Waals surface area (Å²) in [5, 5.41) is 13.4. The molecule has 130 valence electrons. The summed E-state index contributed by atoms with van der Waals surface area (Å²) in [5.74, 6) is 1.90. The van der Waals surface area contributed by atoms with E-state index in [9.17, 15) is 19.7 Å². The normalized spacial score (nSPS) is 20.6. The maximum atomic E-state index is 12.7. The number of urea groups is 1. The zero-order valence-electron chi connectivity index (χ0n) is 13.9. The molecule has 0 aliphatic carbocycles. The second-order valence-electron chi connectivity index (χ2n) is 6.28. The Labute approximate surface area is 144 Å². The van der Waals surface area contributed by atoms with E-state index in [0.29, 0.717) is 23.8 Å². The van der Waals surface area contributed by atoms with Gasteiger partial charge in [0.25, 0.3) is 11.6 Å². The van der Waals surface area contributed by atoms with Crippen molar-refractivity contribution in [1.82, 2.24) is 10.2 Å². The van der Waals surface area contributed by atoms with Gasteiger partial charge in [0.05, 0.1) is 4.92 Å². The molecular weight excluding hydrogens is 330 g/mol. The number of amides is 3. The van der Waals surface area contributed by atoms with Gasteiger partial charge >= 0.3 is 6.03 Å². The zero-order chi connectivity index (χ0) is 17.9. The molecule has 2 rings (SSSR count). The Balaban J connectivity index is 2.09. The molecule has 0 unspecified atom stereocenters. The van der Waals surface area contributed by atoms with Crippen molar-refractivity contribution in [1.29, 1.82) is 0 Å². The molecule has 0 spiro atoms. The highest BCUT2D eigenvalue weighted by atomic mass is 32.2. The number of nitrogens with one attached hydrogen (secondary N) is 1. The van der Waals surface area contributed by atoms with E-state index < -0.39 is 16.5 Å². The molecule has 3 amide bonds. The summed E-state index contributed by atoms with van der Waals surface area (Å²) in [7, 11) is 0. The lowest BCUT2D eigenvalue weighted by molar-refractivity contribution is -0.384. The predicted molar refractivity (Wildman–Crippen MR) is 92.9 cm³/mol. The number of hydrogen-bond donors (Lipinski definition) is 1. The van der Waals surface area contributed by atoms with Crippen molar-refractivity contribution in [3.63, 3.8) is 0 Å². The Hall–Kier alpha value is -2.09. The first kappa shape index (κ1) is 18.3. The van der Waals surface area contributed by atoms with Gasteiger partial charge in [0.2, 0.25) is 0 Å². The lowest BCUT2D eigenvalue weighted by Crippen LogP contribution is -2.41. The summed E-state index contributed by atoms with van der Waals surface area (Å²) < 4.78 is 0. The van der Waals surface area contributed by atoms with Crippen LogP contribution in [0.15, 0.2) is 24.3 Å². The van der Waals surface area contributed by atoms with Crippen molar-refractivity contribution in [3.05, 3.63) is 39.9 Å². The van der Waals surface area contributed by atoms with Crippen LogP contribution in [0.4, 0.5) is 10.5 Å². The van der Waals surface area contributed by atoms with Gasteiger partial charge in [0.15, 0.2) is 0 Å². The third-order valence-electron chi connectivity index (χ3n) is 3.84. The minimum Gasteiger partial charge on any atom is -0.319 e. The molecule has 1 aromatic carbocycles. The summed E-state index contributed by atoms with van der Waals surface area (Å²) >= 11 is 1.70. The van der Waals surface area contributed by atoms with Gasteiger partial charge in [-0.3, -0.25) is 19.8 Å². The summed E-state index contributed by atoms with van der Waals surface area (Å²) in [4.78, 5) is 36.3. The number of rotatable bonds is 7. The fraction of sp³-hybridized carbons (Fsp3) is 0.500. The molecule has 7 nitrogen and oxygen atoms in total. The first-order chi connectivity index (χ1) is 11.3. The van der Waals surface area contributed by atoms with Gasteiger partial charge < -0.3 is 5.32 Å². The predicted octanol–water partition coefficient (Wildman–Crippen LogP) is 2.75. The lowest BCUT2D eigenvalue weighted by Gasteiger charge is -2.22. The van der Waals surface area contributed by atoms with Gasteiger partial charge in [0, 0.05) is 24.4 Å². The molecule has 0 aromatic heterocycles. The van der Waals surface area contributed by atoms with E-state index in [0.717, 1.165) is 5.75 Å². The average molecular weight is 351 g/mol. The second kappa shape index (κ2) is 7.21. The number of benzene rings is 1. The standard InChI is InChI=1S/C16H21N3O4S/c1-11(2)10-24-9-8-18-14(20)16(3,17-15(18)21)12-4-6-13(7-5-12)19(22)23/h4-7,11H,8-10H2,1-3H3,(H,17,21)/t16-/m0/s1. The quantitative estimate of drug-likeness (QED) is 0.353. The number of nitro benzene ring substituents is 1. The summed E-state index contributed by atoms with van der Waals surface area (Å²) in [6.45, 7) is 6.21. The second-order valence-corrected chi connectivity index (χ2v) is 7.43. The highest BCUT2D eigenvalue weighted by molar-refractivity contribution is 7.99. The van der Waals surface area contributed by atoms with E-state index in [1.54, 1.807) is 18.7 Å². The van der Waals surface area contributed by atoms with Crippen LogP contribution in [-0.2, 0) is 10.3 Å². The molecule has 1 heterocycles. The Morgan fingerprint density at radius 3 is 2.46 bits per heavy atom. The molecule has 1 aliphatic rings. The third-order valence-corrected chi connectivity index (χ3v) is 5.21. The number of nitro groups is 1. The zero-order valence-corrected chi connectivity index (χ0v) is 14.8. The van der Waals surface area contributed by atoms with Gasteiger partial charge in [-0.2, -0.15) is 11.8 Å². The van der Waals surface area contributed by atoms with Crippen LogP contribution in [0.5, 0.6) is 0 Å². The van der Waals surface area contributed by atoms with Crippen LogP contribution >= 0.6 is 11.8 Å². The van der Waals surface area contributed by atoms with Crippen LogP contribution in [0, 0.1) is 16.0 Å². The van der Waals surface area contributed by atoms with Gasteiger partial charge in [0.1, 0.15) is 5.54 Å². The first-order valence-electron chi connectivity index (χ1n) is 7.72. The number of nitrogens with zero attached hydrogens (tertiary/aromatic N) is 2. The van der Waals surface area contributed by atoms with Crippen molar-refractivity contribution in [2.24, 2.45) is 5.92 Å². The fourth-order valence-electron chi connectivity index (χ4n) is 2.49. The van der Waals surface area contributed by atoms with Crippen molar-refractivity contribution in [2.75, 3.05) is 18.1 Å². The number of imide groups is 1. The van der Waals surface area contributed by atoms with E-state index in [1.165, 1.54) is 29.2 Å². The maximum absolute atomic E-state index is 12.7. The molecule has 1 N–H and O–H groups in total. The van der Waals surface area contributed by atoms with Crippen molar-refractivity contribution in [2.45, 2.75) is 26.3 Å². The number of non-ortho nitro benzene ring substituents is 1. The van der Waals surface area contributed by atoms with Gasteiger partial charge in [-0.1, -0.05) is 13.8 Å². The third kappa shape index (κ3) is 3.69. The lowest BCUT2D eigenvalue weighted by atomic mass is 9.92. The van der Waals surface area contributed by atoms with E-state index in [2.05, 4.69) is 19.2 Å². The molecule has 24 heavy (non-hydrogen) atoms. The Morgan fingerprint density at radius 1 is 1.29 bits per heavy atom. The molecule has 1 aliphatic heterocycles. The van der Waals surface area contributed by atoms with Gasteiger partial charge in [-0.15, -0.1) is 0 Å². The minimum atomic E-state index is -1.19. The summed E-state index contributed by atoms with van der Waals surface area (Å²) in [6.07, 6.45) is 0. The molecular formula is C16H21N3O4S. The van der Waals surface area contributed by atoms with E-state index in [-0.39, 0.29) is 11.6 Å². The molecule has 1 aromatic rings. The van der Waals surface area contributed by atoms with E-state index in [1.807, 2.05) is 0 Å². The van der Waals surface area contributed by atoms with Gasteiger partial charge in [-0.05, 0) is 36.3 Å². The summed E-state index contributed by atoms with van der Waals surface area (Å²) in [5.41, 5.74) is -0.709. The molecule has 1 atom stereocenters. The van der Waals surface area contributed by atoms with Crippen molar-refractivity contribution < 1.29 is 14.5 Å². The van der Waals surface area contributed by atoms with Crippen LogP contribution in [0.1, 0.15) is 26.3 Å². The van der Waals surface area contributed by atoms with Crippen molar-refractivity contribution in [3.8, 4) is 0 Å². The monoisotopic (exact) mass is 351 g/mol. The largest absolute Gasteiger partial charge is 0.325 e. The Morgan fingerprint density at radius 2 is 1.92 bits per heavy atom. The summed E-state index contributed by atoms with van der Waals surface area (Å²) in [6, 6.07) is 5.26. The van der Waals surface area contributed by atoms with Crippen LogP contribution in [0.3, 0.4) is 0 Å². The van der Waals surface area contributed by atoms with E-state index in [4.69, 9.17) is 0 Å². The number of thioether (sulfide) groups is 1. The van der Waals surface area contributed by atoms with Crippen LogP contribution in [0.25, 0.3) is 0 Å².